The molecule has 0 aliphatic rings. The van der Waals surface area contributed by atoms with Gasteiger partial charge in [-0.1, -0.05) is 36.4 Å². The molecule has 0 amide bonds. The normalized spacial score (nSPS) is 12.8. The first-order valence-electron chi connectivity index (χ1n) is 8.25. The summed E-state index contributed by atoms with van der Waals surface area (Å²) >= 11 is 0. The van der Waals surface area contributed by atoms with Crippen LogP contribution in [-0.2, 0) is 6.42 Å². The average Bonchev–Trinajstić information content (AvgIpc) is 2.99. The van der Waals surface area contributed by atoms with Crippen LogP contribution in [0.2, 0.25) is 0 Å². The zero-order valence-corrected chi connectivity index (χ0v) is 14.2. The molecule has 0 fully saturated rings. The summed E-state index contributed by atoms with van der Waals surface area (Å²) in [7, 11) is 3.85. The van der Waals surface area contributed by atoms with E-state index in [0.29, 0.717) is 6.42 Å². The Hall–Kier alpha value is -2.21. The molecule has 24 heavy (non-hydrogen) atoms. The molecule has 2 aromatic heterocycles. The number of likely N-dealkylation sites (N-methyl/N-ethyl adjacent to an activating group) is 2. The summed E-state index contributed by atoms with van der Waals surface area (Å²) in [4.78, 5) is 6.73. The SMILES string of the molecule is CNCCN(C)C(O)Cc1c(-c2ccccc2)nc2ccccn12. The molecule has 2 N–H and O–H groups in total. The van der Waals surface area contributed by atoms with Crippen LogP contribution in [0.15, 0.2) is 54.7 Å². The van der Waals surface area contributed by atoms with E-state index in [-0.39, 0.29) is 0 Å². The molecule has 0 aliphatic heterocycles. The second-order valence-electron chi connectivity index (χ2n) is 5.97. The molecule has 3 aromatic rings. The maximum atomic E-state index is 10.6. The zero-order valence-electron chi connectivity index (χ0n) is 14.2. The van der Waals surface area contributed by atoms with Gasteiger partial charge in [0, 0.05) is 31.3 Å². The Morgan fingerprint density at radius 2 is 1.92 bits per heavy atom. The van der Waals surface area contributed by atoms with E-state index in [4.69, 9.17) is 4.98 Å². The Morgan fingerprint density at radius 3 is 2.67 bits per heavy atom. The molecule has 1 unspecified atom stereocenters. The van der Waals surface area contributed by atoms with Gasteiger partial charge in [-0.2, -0.15) is 0 Å². The maximum absolute atomic E-state index is 10.6. The highest BCUT2D eigenvalue weighted by Gasteiger charge is 2.19. The number of aliphatic hydroxyl groups excluding tert-OH is 1. The molecule has 5 heteroatoms. The number of fused-ring (bicyclic) bond motifs is 1. The smallest absolute Gasteiger partial charge is 0.137 e. The highest BCUT2D eigenvalue weighted by molar-refractivity contribution is 5.66. The van der Waals surface area contributed by atoms with Gasteiger partial charge in [-0.25, -0.2) is 4.98 Å². The van der Waals surface area contributed by atoms with E-state index in [1.807, 2.05) is 61.6 Å². The lowest BCUT2D eigenvalue weighted by atomic mass is 10.1. The van der Waals surface area contributed by atoms with Crippen molar-refractivity contribution in [1.82, 2.24) is 19.6 Å². The lowest BCUT2D eigenvalue weighted by Crippen LogP contribution is -2.37. The van der Waals surface area contributed by atoms with E-state index in [1.54, 1.807) is 0 Å². The molecule has 1 atom stereocenters. The fraction of sp³-hybridized carbons (Fsp3) is 0.316. The van der Waals surface area contributed by atoms with Crippen LogP contribution in [-0.4, -0.2) is 52.8 Å². The lowest BCUT2D eigenvalue weighted by molar-refractivity contribution is 0.0233. The number of nitrogens with zero attached hydrogens (tertiary/aromatic N) is 3. The van der Waals surface area contributed by atoms with Crippen molar-refractivity contribution in [3.8, 4) is 11.3 Å². The van der Waals surface area contributed by atoms with Gasteiger partial charge in [-0.05, 0) is 26.2 Å². The molecule has 2 heterocycles. The third-order valence-electron chi connectivity index (χ3n) is 4.28. The Bertz CT molecular complexity index is 784. The summed E-state index contributed by atoms with van der Waals surface area (Å²) < 4.78 is 2.07. The fourth-order valence-corrected chi connectivity index (χ4v) is 2.83. The third-order valence-corrected chi connectivity index (χ3v) is 4.28. The molecule has 3 rings (SSSR count). The summed E-state index contributed by atoms with van der Waals surface area (Å²) in [5, 5.41) is 13.7. The predicted octanol–water partition coefficient (Wildman–Crippen LogP) is 2.01. The predicted molar refractivity (Wildman–Crippen MR) is 96.9 cm³/mol. The molecule has 126 valence electrons. The van der Waals surface area contributed by atoms with Crippen molar-refractivity contribution in [2.75, 3.05) is 27.2 Å². The molecular weight excluding hydrogens is 300 g/mol. The summed E-state index contributed by atoms with van der Waals surface area (Å²) in [5.41, 5.74) is 3.93. The van der Waals surface area contributed by atoms with E-state index in [2.05, 4.69) is 21.9 Å². The Morgan fingerprint density at radius 1 is 1.17 bits per heavy atom. The van der Waals surface area contributed by atoms with Crippen LogP contribution in [0.1, 0.15) is 5.69 Å². The van der Waals surface area contributed by atoms with Crippen molar-refractivity contribution in [3.05, 3.63) is 60.4 Å². The van der Waals surface area contributed by atoms with E-state index in [9.17, 15) is 5.11 Å². The first-order valence-corrected chi connectivity index (χ1v) is 8.25. The average molecular weight is 324 g/mol. The van der Waals surface area contributed by atoms with Crippen LogP contribution in [0.3, 0.4) is 0 Å². The molecular formula is C19H24N4O. The van der Waals surface area contributed by atoms with Gasteiger partial charge in [0.1, 0.15) is 11.9 Å². The number of hydrogen-bond acceptors (Lipinski definition) is 4. The number of benzene rings is 1. The first-order chi connectivity index (χ1) is 11.7. The highest BCUT2D eigenvalue weighted by Crippen LogP contribution is 2.25. The standard InChI is InChI=1S/C19H24N4O/c1-20-11-13-22(2)18(24)14-16-19(15-8-4-3-5-9-15)21-17-10-6-7-12-23(16)17/h3-10,12,18,20,24H,11,13-14H2,1-2H3. The van der Waals surface area contributed by atoms with Crippen LogP contribution < -0.4 is 5.32 Å². The van der Waals surface area contributed by atoms with Crippen molar-refractivity contribution in [1.29, 1.82) is 0 Å². The van der Waals surface area contributed by atoms with Gasteiger partial charge >= 0.3 is 0 Å². The lowest BCUT2D eigenvalue weighted by Gasteiger charge is -2.23. The van der Waals surface area contributed by atoms with Crippen molar-refractivity contribution < 1.29 is 5.11 Å². The zero-order chi connectivity index (χ0) is 16.9. The fourth-order valence-electron chi connectivity index (χ4n) is 2.83. The summed E-state index contributed by atoms with van der Waals surface area (Å²) in [6, 6.07) is 16.1. The first kappa shape index (κ1) is 16.6. The number of rotatable bonds is 7. The van der Waals surface area contributed by atoms with Gasteiger partial charge in [0.25, 0.3) is 0 Å². The summed E-state index contributed by atoms with van der Waals surface area (Å²) in [6.45, 7) is 1.63. The number of pyridine rings is 1. The van der Waals surface area contributed by atoms with Crippen LogP contribution in [0.25, 0.3) is 16.9 Å². The number of imidazole rings is 1. The van der Waals surface area contributed by atoms with Gasteiger partial charge in [-0.3, -0.25) is 4.90 Å². The topological polar surface area (TPSA) is 52.8 Å². The molecule has 5 nitrogen and oxygen atoms in total. The number of aromatic nitrogens is 2. The highest BCUT2D eigenvalue weighted by atomic mass is 16.3. The van der Waals surface area contributed by atoms with Crippen molar-refractivity contribution >= 4 is 5.65 Å². The Labute approximate surface area is 142 Å². The summed E-state index contributed by atoms with van der Waals surface area (Å²) in [6.07, 6.45) is 1.97. The van der Waals surface area contributed by atoms with Gasteiger partial charge in [0.15, 0.2) is 0 Å². The largest absolute Gasteiger partial charge is 0.378 e. The molecule has 0 radical (unpaired) electrons. The third kappa shape index (κ3) is 3.48. The second kappa shape index (κ2) is 7.57. The minimum absolute atomic E-state index is 0.523. The molecule has 0 aliphatic carbocycles. The maximum Gasteiger partial charge on any atom is 0.137 e. The van der Waals surface area contributed by atoms with E-state index in [0.717, 1.165) is 35.7 Å². The molecule has 0 saturated carbocycles. The minimum atomic E-state index is -0.555. The Kier molecular flexibility index (Phi) is 5.25. The molecule has 1 aromatic carbocycles. The van der Waals surface area contributed by atoms with Crippen molar-refractivity contribution in [3.63, 3.8) is 0 Å². The van der Waals surface area contributed by atoms with Crippen LogP contribution in [0, 0.1) is 0 Å². The summed E-state index contributed by atoms with van der Waals surface area (Å²) in [5.74, 6) is 0. The van der Waals surface area contributed by atoms with Gasteiger partial charge in [0.05, 0.1) is 11.4 Å². The van der Waals surface area contributed by atoms with E-state index >= 15 is 0 Å². The van der Waals surface area contributed by atoms with Crippen LogP contribution in [0.5, 0.6) is 0 Å². The molecule has 0 saturated heterocycles. The number of hydrogen-bond donors (Lipinski definition) is 2. The van der Waals surface area contributed by atoms with Gasteiger partial charge in [-0.15, -0.1) is 0 Å². The second-order valence-corrected chi connectivity index (χ2v) is 5.97. The minimum Gasteiger partial charge on any atom is -0.378 e. The quantitative estimate of drug-likeness (QED) is 0.653. The molecule has 0 bridgehead atoms. The Balaban J connectivity index is 1.96. The number of aliphatic hydroxyl groups is 1. The van der Waals surface area contributed by atoms with Crippen molar-refractivity contribution in [2.24, 2.45) is 0 Å². The molecule has 0 spiro atoms. The van der Waals surface area contributed by atoms with E-state index in [1.165, 1.54) is 0 Å². The van der Waals surface area contributed by atoms with Crippen LogP contribution >= 0.6 is 0 Å². The van der Waals surface area contributed by atoms with Crippen molar-refractivity contribution in [2.45, 2.75) is 12.6 Å². The van der Waals surface area contributed by atoms with Gasteiger partial charge in [0.2, 0.25) is 0 Å². The van der Waals surface area contributed by atoms with E-state index < -0.39 is 6.23 Å². The van der Waals surface area contributed by atoms with Crippen LogP contribution in [0.4, 0.5) is 0 Å². The van der Waals surface area contributed by atoms with Gasteiger partial charge < -0.3 is 14.8 Å². The monoisotopic (exact) mass is 324 g/mol. The number of nitrogens with one attached hydrogen (secondary N) is 1.